The molecule has 0 fully saturated rings. The van der Waals surface area contributed by atoms with Gasteiger partial charge in [-0.25, -0.2) is 18.4 Å². The Morgan fingerprint density at radius 1 is 1.50 bits per heavy atom. The molecule has 0 unspecified atom stereocenters. The number of hydrogen-bond acceptors (Lipinski definition) is 6. The van der Waals surface area contributed by atoms with E-state index in [2.05, 4.69) is 0 Å². The highest BCUT2D eigenvalue weighted by molar-refractivity contribution is 7.89. The van der Waals surface area contributed by atoms with Crippen LogP contribution in [-0.2, 0) is 14.8 Å². The van der Waals surface area contributed by atoms with Gasteiger partial charge in [0.05, 0.1) is 17.1 Å². The van der Waals surface area contributed by atoms with E-state index >= 15 is 0 Å². The number of ether oxygens (including phenoxy) is 1. The normalized spacial score (nSPS) is 11.2. The fourth-order valence-electron chi connectivity index (χ4n) is 1.32. The van der Waals surface area contributed by atoms with Crippen LogP contribution in [0.15, 0.2) is 17.0 Å². The highest BCUT2D eigenvalue weighted by Crippen LogP contribution is 2.26. The Bertz CT molecular complexity index is 658. The van der Waals surface area contributed by atoms with E-state index in [1.54, 1.807) is 6.92 Å². The Labute approximate surface area is 113 Å². The lowest BCUT2D eigenvalue weighted by Crippen LogP contribution is -2.17. The van der Waals surface area contributed by atoms with Gasteiger partial charge >= 0.3 is 11.7 Å². The summed E-state index contributed by atoms with van der Waals surface area (Å²) in [4.78, 5) is 20.0. The van der Waals surface area contributed by atoms with Gasteiger partial charge in [0.1, 0.15) is 4.90 Å². The van der Waals surface area contributed by atoms with Crippen molar-refractivity contribution in [1.29, 1.82) is 0 Å². The van der Waals surface area contributed by atoms with Crippen molar-refractivity contribution in [2.75, 3.05) is 6.61 Å². The minimum Gasteiger partial charge on any atom is -0.462 e. The van der Waals surface area contributed by atoms with E-state index in [1.165, 1.54) is 0 Å². The number of carbonyl (C=O) groups is 1. The molecule has 110 valence electrons. The van der Waals surface area contributed by atoms with Crippen LogP contribution in [0.5, 0.6) is 0 Å². The molecule has 0 saturated heterocycles. The molecule has 0 saturated carbocycles. The van der Waals surface area contributed by atoms with Gasteiger partial charge in [0.15, 0.2) is 0 Å². The van der Waals surface area contributed by atoms with Crippen molar-refractivity contribution in [2.45, 2.75) is 18.2 Å². The molecule has 0 heterocycles. The summed E-state index contributed by atoms with van der Waals surface area (Å²) >= 11 is 0. The van der Waals surface area contributed by atoms with Crippen molar-refractivity contribution < 1.29 is 27.3 Å². The highest BCUT2D eigenvalue weighted by atomic mass is 32.2. The van der Waals surface area contributed by atoms with Gasteiger partial charge in [0, 0.05) is 6.07 Å². The lowest BCUT2D eigenvalue weighted by molar-refractivity contribution is -0.387. The number of halogens is 1. The number of carbonyl (C=O) groups excluding carboxylic acids is 1. The van der Waals surface area contributed by atoms with Crippen LogP contribution in [0.3, 0.4) is 0 Å². The fourth-order valence-corrected chi connectivity index (χ4v) is 1.96. The Balaban J connectivity index is 3.45. The van der Waals surface area contributed by atoms with E-state index in [4.69, 9.17) is 9.88 Å². The number of nitrogens with two attached hydrogens (primary N) is 1. The number of nitrogens with zero attached hydrogens (tertiary/aromatic N) is 1. The quantitative estimate of drug-likeness (QED) is 0.489. The molecule has 0 atom stereocenters. The number of nitro benzene ring substituents is 1. The topological polar surface area (TPSA) is 130 Å². The lowest BCUT2D eigenvalue weighted by atomic mass is 10.2. The number of rotatable bonds is 5. The maximum absolute atomic E-state index is 13.7. The zero-order chi connectivity index (χ0) is 15.5. The molecule has 0 aliphatic rings. The van der Waals surface area contributed by atoms with Crippen LogP contribution in [0.2, 0.25) is 0 Å². The van der Waals surface area contributed by atoms with Crippen LogP contribution in [0.1, 0.15) is 23.7 Å². The smallest absolute Gasteiger partial charge is 0.338 e. The van der Waals surface area contributed by atoms with E-state index in [1.807, 2.05) is 0 Å². The van der Waals surface area contributed by atoms with Crippen molar-refractivity contribution in [1.82, 2.24) is 0 Å². The summed E-state index contributed by atoms with van der Waals surface area (Å²) in [5.41, 5.74) is -1.63. The zero-order valence-corrected chi connectivity index (χ0v) is 11.1. The maximum Gasteiger partial charge on any atom is 0.338 e. The van der Waals surface area contributed by atoms with E-state index < -0.39 is 42.9 Å². The van der Waals surface area contributed by atoms with Crippen LogP contribution in [0.4, 0.5) is 10.1 Å². The van der Waals surface area contributed by atoms with Crippen LogP contribution < -0.4 is 5.14 Å². The molecule has 0 spiro atoms. The van der Waals surface area contributed by atoms with E-state index in [9.17, 15) is 27.7 Å². The first-order valence-corrected chi connectivity index (χ1v) is 6.91. The van der Waals surface area contributed by atoms with Crippen molar-refractivity contribution in [3.8, 4) is 0 Å². The molecule has 0 aromatic heterocycles. The maximum atomic E-state index is 13.7. The summed E-state index contributed by atoms with van der Waals surface area (Å²) in [7, 11) is -4.55. The van der Waals surface area contributed by atoms with Crippen molar-refractivity contribution in [2.24, 2.45) is 5.14 Å². The van der Waals surface area contributed by atoms with Gasteiger partial charge in [-0.05, 0) is 12.5 Å². The standard InChI is InChI=1S/C10H11FN2O6S/c1-2-3-19-10(14)6-4-7(13(15)16)9(11)8(5-6)20(12,17)18/h4-5H,2-3H2,1H3,(H2,12,17,18). The number of sulfonamides is 1. The molecular formula is C10H11FN2O6S. The minimum atomic E-state index is -4.55. The first-order valence-electron chi connectivity index (χ1n) is 5.36. The molecular weight excluding hydrogens is 295 g/mol. The van der Waals surface area contributed by atoms with Gasteiger partial charge < -0.3 is 4.74 Å². The SMILES string of the molecule is CCCOC(=O)c1cc([N+](=O)[O-])c(F)c(S(N)(=O)=O)c1. The molecule has 0 bridgehead atoms. The van der Waals surface area contributed by atoms with Crippen molar-refractivity contribution in [3.63, 3.8) is 0 Å². The minimum absolute atomic E-state index is 0.0364. The van der Waals surface area contributed by atoms with Gasteiger partial charge in [-0.15, -0.1) is 0 Å². The lowest BCUT2D eigenvalue weighted by Gasteiger charge is -2.06. The number of nitro groups is 1. The van der Waals surface area contributed by atoms with Gasteiger partial charge in [-0.3, -0.25) is 10.1 Å². The summed E-state index contributed by atoms with van der Waals surface area (Å²) in [6, 6.07) is 1.21. The average Bonchev–Trinajstić information content (AvgIpc) is 2.34. The summed E-state index contributed by atoms with van der Waals surface area (Å²) in [6.45, 7) is 1.75. The summed E-state index contributed by atoms with van der Waals surface area (Å²) in [5.74, 6) is -2.62. The Kier molecular flexibility index (Phi) is 4.73. The largest absolute Gasteiger partial charge is 0.462 e. The molecule has 20 heavy (non-hydrogen) atoms. The van der Waals surface area contributed by atoms with E-state index in [0.717, 1.165) is 0 Å². The average molecular weight is 306 g/mol. The van der Waals surface area contributed by atoms with Gasteiger partial charge in [0.25, 0.3) is 0 Å². The van der Waals surface area contributed by atoms with Crippen LogP contribution in [0, 0.1) is 15.9 Å². The molecule has 0 amide bonds. The predicted molar refractivity (Wildman–Crippen MR) is 65.0 cm³/mol. The molecule has 0 aliphatic carbocycles. The number of benzene rings is 1. The number of primary sulfonamides is 1. The van der Waals surface area contributed by atoms with Crippen LogP contribution in [-0.4, -0.2) is 25.9 Å². The van der Waals surface area contributed by atoms with E-state index in [-0.39, 0.29) is 6.61 Å². The predicted octanol–water partition coefficient (Wildman–Crippen LogP) is 0.948. The summed E-state index contributed by atoms with van der Waals surface area (Å²) < 4.78 is 40.7. The second-order valence-corrected chi connectivity index (χ2v) is 5.28. The van der Waals surface area contributed by atoms with Crippen LogP contribution in [0.25, 0.3) is 0 Å². The molecule has 2 N–H and O–H groups in total. The number of hydrogen-bond donors (Lipinski definition) is 1. The third-order valence-electron chi connectivity index (χ3n) is 2.20. The van der Waals surface area contributed by atoms with E-state index in [0.29, 0.717) is 18.6 Å². The van der Waals surface area contributed by atoms with Gasteiger partial charge in [-0.1, -0.05) is 6.92 Å². The number of esters is 1. The van der Waals surface area contributed by atoms with Gasteiger partial charge in [0.2, 0.25) is 15.8 Å². The third-order valence-corrected chi connectivity index (χ3v) is 3.11. The second kappa shape index (κ2) is 5.92. The molecule has 1 aromatic carbocycles. The fraction of sp³-hybridized carbons (Fsp3) is 0.300. The van der Waals surface area contributed by atoms with Crippen LogP contribution >= 0.6 is 0 Å². The molecule has 0 radical (unpaired) electrons. The molecule has 0 aliphatic heterocycles. The van der Waals surface area contributed by atoms with Crippen molar-refractivity contribution >= 4 is 21.7 Å². The first kappa shape index (κ1) is 16.0. The monoisotopic (exact) mass is 306 g/mol. The zero-order valence-electron chi connectivity index (χ0n) is 10.3. The first-order chi connectivity index (χ1) is 9.18. The highest BCUT2D eigenvalue weighted by Gasteiger charge is 2.27. The van der Waals surface area contributed by atoms with Crippen molar-refractivity contribution in [3.05, 3.63) is 33.6 Å². The second-order valence-electron chi connectivity index (χ2n) is 3.75. The Hall–Kier alpha value is -2.07. The molecule has 8 nitrogen and oxygen atoms in total. The molecule has 10 heteroatoms. The molecule has 1 aromatic rings. The third kappa shape index (κ3) is 3.48. The Morgan fingerprint density at radius 2 is 2.10 bits per heavy atom. The molecule has 1 rings (SSSR count). The summed E-state index contributed by atoms with van der Waals surface area (Å²) in [5, 5.41) is 15.4. The summed E-state index contributed by atoms with van der Waals surface area (Å²) in [6.07, 6.45) is 0.497. The van der Waals surface area contributed by atoms with Gasteiger partial charge in [-0.2, -0.15) is 4.39 Å². The Morgan fingerprint density at radius 3 is 2.55 bits per heavy atom.